The van der Waals surface area contributed by atoms with E-state index in [0.717, 1.165) is 0 Å². The number of halogens is 4. The monoisotopic (exact) mass is 141 g/mol. The molecule has 39 valence electrons. The molecule has 0 aliphatic rings. The van der Waals surface area contributed by atoms with Gasteiger partial charge in [-0.25, -0.2) is 4.39 Å². The first-order valence-corrected chi connectivity index (χ1v) is 1.19. The largest absolute Gasteiger partial charge is 0.416 e. The second-order valence-electron chi connectivity index (χ2n) is 0.749. The summed E-state index contributed by atoms with van der Waals surface area (Å²) < 4.78 is 41.6. The van der Waals surface area contributed by atoms with Crippen molar-refractivity contribution in [2.45, 2.75) is 6.18 Å². The summed E-state index contributed by atoms with van der Waals surface area (Å²) >= 11 is 0. The van der Waals surface area contributed by atoms with Gasteiger partial charge >= 0.3 is 6.18 Å². The molecule has 0 nitrogen and oxygen atoms in total. The van der Waals surface area contributed by atoms with Crippen LogP contribution in [0.3, 0.4) is 0 Å². The SMILES string of the molecule is FCC(F)(F)F.[K]. The minimum absolute atomic E-state index is 0. The fourth-order valence-corrected chi connectivity index (χ4v) is 0. The van der Waals surface area contributed by atoms with E-state index in [-0.39, 0.29) is 51.4 Å². The molecule has 0 aromatic carbocycles. The van der Waals surface area contributed by atoms with E-state index in [0.29, 0.717) is 0 Å². The zero-order valence-corrected chi connectivity index (χ0v) is 6.84. The molecule has 0 fully saturated rings. The first-order valence-electron chi connectivity index (χ1n) is 1.19. The minimum atomic E-state index is -4.62. The van der Waals surface area contributed by atoms with Crippen LogP contribution in [0.4, 0.5) is 17.6 Å². The normalized spacial score (nSPS) is 10.3. The molecule has 0 spiro atoms. The van der Waals surface area contributed by atoms with Crippen molar-refractivity contribution in [3.63, 3.8) is 0 Å². The molecule has 5 heteroatoms. The zero-order chi connectivity index (χ0) is 5.21. The van der Waals surface area contributed by atoms with Gasteiger partial charge in [0, 0.05) is 51.4 Å². The van der Waals surface area contributed by atoms with E-state index in [4.69, 9.17) is 0 Å². The van der Waals surface area contributed by atoms with Crippen molar-refractivity contribution in [1.82, 2.24) is 0 Å². The van der Waals surface area contributed by atoms with Gasteiger partial charge in [0.25, 0.3) is 0 Å². The quantitative estimate of drug-likeness (QED) is 0.350. The molecular formula is C2H2F4K. The van der Waals surface area contributed by atoms with Crippen molar-refractivity contribution in [3.8, 4) is 0 Å². The molecule has 0 heterocycles. The first-order chi connectivity index (χ1) is 2.56. The van der Waals surface area contributed by atoms with Crippen LogP contribution in [0, 0.1) is 0 Å². The Bertz CT molecular complexity index is 39.4. The molecule has 0 bridgehead atoms. The second-order valence-corrected chi connectivity index (χ2v) is 0.749. The predicted octanol–water partition coefficient (Wildman–Crippen LogP) is 1.14. The molecule has 0 aliphatic heterocycles. The number of rotatable bonds is 0. The maximum atomic E-state index is 10.4. The maximum absolute atomic E-state index is 10.4. The Balaban J connectivity index is 0. The molecule has 0 amide bonds. The van der Waals surface area contributed by atoms with Gasteiger partial charge in [-0.1, -0.05) is 0 Å². The Morgan fingerprint density at radius 1 is 1.14 bits per heavy atom. The summed E-state index contributed by atoms with van der Waals surface area (Å²) in [6, 6.07) is 0. The number of hydrogen-bond donors (Lipinski definition) is 0. The number of hydrogen-bond acceptors (Lipinski definition) is 0. The third-order valence-corrected chi connectivity index (χ3v) is 0.152. The summed E-state index contributed by atoms with van der Waals surface area (Å²) in [6.07, 6.45) is -4.62. The van der Waals surface area contributed by atoms with Gasteiger partial charge in [-0.05, 0) is 0 Å². The fourth-order valence-electron chi connectivity index (χ4n) is 0. The van der Waals surface area contributed by atoms with Crippen molar-refractivity contribution >= 4 is 51.4 Å². The molecule has 7 heavy (non-hydrogen) atoms. The Morgan fingerprint density at radius 2 is 1.29 bits per heavy atom. The fraction of sp³-hybridized carbons (Fsp3) is 1.00. The van der Waals surface area contributed by atoms with E-state index >= 15 is 0 Å². The van der Waals surface area contributed by atoms with Crippen molar-refractivity contribution in [1.29, 1.82) is 0 Å². The van der Waals surface area contributed by atoms with Gasteiger partial charge in [0.05, 0.1) is 0 Å². The van der Waals surface area contributed by atoms with Gasteiger partial charge in [0.2, 0.25) is 0 Å². The topological polar surface area (TPSA) is 0 Å². The van der Waals surface area contributed by atoms with Gasteiger partial charge in [-0.3, -0.25) is 0 Å². The van der Waals surface area contributed by atoms with Gasteiger partial charge in [0.15, 0.2) is 6.67 Å². The Labute approximate surface area is 80.7 Å². The summed E-state index contributed by atoms with van der Waals surface area (Å²) in [6.45, 7) is -2.23. The van der Waals surface area contributed by atoms with E-state index in [1.54, 1.807) is 0 Å². The molecule has 1 radical (unpaired) electrons. The van der Waals surface area contributed by atoms with Crippen LogP contribution in [0.1, 0.15) is 0 Å². The molecule has 0 aliphatic carbocycles. The van der Waals surface area contributed by atoms with Crippen LogP contribution < -0.4 is 0 Å². The molecule has 0 N–H and O–H groups in total. The third kappa shape index (κ3) is 11.1. The molecule has 0 rings (SSSR count). The minimum Gasteiger partial charge on any atom is -0.241 e. The summed E-state index contributed by atoms with van der Waals surface area (Å²) in [4.78, 5) is 0. The Hall–Kier alpha value is 1.36. The summed E-state index contributed by atoms with van der Waals surface area (Å²) in [7, 11) is 0. The summed E-state index contributed by atoms with van der Waals surface area (Å²) in [5, 5.41) is 0. The average molecular weight is 141 g/mol. The molecule has 0 saturated carbocycles. The molecule has 0 unspecified atom stereocenters. The van der Waals surface area contributed by atoms with E-state index in [9.17, 15) is 17.6 Å². The maximum Gasteiger partial charge on any atom is 0.416 e. The standard InChI is InChI=1S/C2H2F4.K/c3-1-2(4,5)6;/h1H2;. The van der Waals surface area contributed by atoms with Crippen LogP contribution in [0.25, 0.3) is 0 Å². The van der Waals surface area contributed by atoms with Crippen LogP contribution in [-0.4, -0.2) is 64.2 Å². The molecule has 0 aromatic heterocycles. The summed E-state index contributed by atoms with van der Waals surface area (Å²) in [5.41, 5.74) is 0. The molecule has 0 atom stereocenters. The third-order valence-electron chi connectivity index (χ3n) is 0.152. The van der Waals surface area contributed by atoms with Crippen molar-refractivity contribution in [3.05, 3.63) is 0 Å². The van der Waals surface area contributed by atoms with E-state index < -0.39 is 12.9 Å². The average Bonchev–Trinajstić information content (AvgIpc) is 1.35. The van der Waals surface area contributed by atoms with Crippen LogP contribution >= 0.6 is 0 Å². The molecule has 0 aromatic rings. The smallest absolute Gasteiger partial charge is 0.241 e. The van der Waals surface area contributed by atoms with Crippen molar-refractivity contribution < 1.29 is 17.6 Å². The van der Waals surface area contributed by atoms with Gasteiger partial charge in [-0.2, -0.15) is 13.2 Å². The van der Waals surface area contributed by atoms with Crippen LogP contribution in [0.15, 0.2) is 0 Å². The van der Waals surface area contributed by atoms with Gasteiger partial charge in [-0.15, -0.1) is 0 Å². The van der Waals surface area contributed by atoms with Crippen LogP contribution in [0.5, 0.6) is 0 Å². The summed E-state index contributed by atoms with van der Waals surface area (Å²) in [5.74, 6) is 0. The van der Waals surface area contributed by atoms with E-state index in [1.165, 1.54) is 0 Å². The van der Waals surface area contributed by atoms with Gasteiger partial charge < -0.3 is 0 Å². The molecular weight excluding hydrogens is 139 g/mol. The van der Waals surface area contributed by atoms with Crippen LogP contribution in [0.2, 0.25) is 0 Å². The second kappa shape index (κ2) is 4.26. The zero-order valence-electron chi connectivity index (χ0n) is 3.72. The predicted molar refractivity (Wildman–Crippen MR) is 17.8 cm³/mol. The van der Waals surface area contributed by atoms with Crippen molar-refractivity contribution in [2.24, 2.45) is 0 Å². The van der Waals surface area contributed by atoms with E-state index in [2.05, 4.69) is 0 Å². The first kappa shape index (κ1) is 11.2. The molecule has 0 saturated heterocycles. The van der Waals surface area contributed by atoms with Gasteiger partial charge in [0.1, 0.15) is 0 Å². The van der Waals surface area contributed by atoms with Crippen molar-refractivity contribution in [2.75, 3.05) is 6.67 Å². The Kier molecular flexibility index (Phi) is 6.81. The number of alkyl halides is 4. The van der Waals surface area contributed by atoms with E-state index in [1.807, 2.05) is 0 Å². The van der Waals surface area contributed by atoms with Crippen LogP contribution in [-0.2, 0) is 0 Å². The Morgan fingerprint density at radius 3 is 1.29 bits per heavy atom.